The molecule has 2 amide bonds. The van der Waals surface area contributed by atoms with Gasteiger partial charge in [0.1, 0.15) is 6.61 Å². The highest BCUT2D eigenvalue weighted by Crippen LogP contribution is 2.44. The van der Waals surface area contributed by atoms with Gasteiger partial charge in [-0.15, -0.1) is 0 Å². The van der Waals surface area contributed by atoms with Gasteiger partial charge in [0.15, 0.2) is 0 Å². The van der Waals surface area contributed by atoms with E-state index in [0.29, 0.717) is 12.8 Å². The Morgan fingerprint density at radius 3 is 2.11 bits per heavy atom. The predicted octanol–water partition coefficient (Wildman–Crippen LogP) is 4.99. The Morgan fingerprint density at radius 1 is 0.971 bits per heavy atom. The number of hydrogen-bond acceptors (Lipinski definition) is 4. The van der Waals surface area contributed by atoms with E-state index in [1.807, 2.05) is 24.3 Å². The number of amides is 2. The highest BCUT2D eigenvalue weighted by molar-refractivity contribution is 5.81. The number of benzene rings is 2. The Balaban J connectivity index is 1.41. The van der Waals surface area contributed by atoms with Crippen molar-refractivity contribution < 1.29 is 24.2 Å². The van der Waals surface area contributed by atoms with E-state index in [0.717, 1.165) is 30.4 Å². The number of fused-ring (bicyclic) bond motifs is 3. The molecule has 1 fully saturated rings. The molecule has 3 N–H and O–H groups in total. The molecule has 186 valence electrons. The van der Waals surface area contributed by atoms with Gasteiger partial charge in [0, 0.05) is 17.9 Å². The van der Waals surface area contributed by atoms with Crippen LogP contribution in [0.3, 0.4) is 0 Å². The van der Waals surface area contributed by atoms with Gasteiger partial charge in [-0.25, -0.2) is 4.79 Å². The number of rotatable bonds is 8. The molecule has 0 bridgehead atoms. The van der Waals surface area contributed by atoms with Gasteiger partial charge in [-0.1, -0.05) is 67.8 Å². The van der Waals surface area contributed by atoms with E-state index in [-0.39, 0.29) is 31.3 Å². The quantitative estimate of drug-likeness (QED) is 0.496. The Bertz CT molecular complexity index is 1060. The molecule has 0 atom stereocenters. The number of ether oxygens (including phenoxy) is 1. The zero-order valence-corrected chi connectivity index (χ0v) is 20.4. The number of alkyl carbamates (subject to hydrolysis) is 1. The third-order valence-corrected chi connectivity index (χ3v) is 7.09. The number of carboxylic acids is 1. The number of carbonyl (C=O) groups excluding carboxylic acids is 2. The molecule has 2 aliphatic carbocycles. The van der Waals surface area contributed by atoms with Gasteiger partial charge in [-0.05, 0) is 48.9 Å². The van der Waals surface area contributed by atoms with Crippen LogP contribution in [0.4, 0.5) is 4.79 Å². The lowest BCUT2D eigenvalue weighted by Gasteiger charge is -2.38. The number of aliphatic carboxylic acids is 1. The van der Waals surface area contributed by atoms with Crippen LogP contribution in [0.25, 0.3) is 11.1 Å². The first-order chi connectivity index (χ1) is 16.7. The second-order valence-corrected chi connectivity index (χ2v) is 10.5. The highest BCUT2D eigenvalue weighted by Gasteiger charge is 2.38. The number of nitrogens with one attached hydrogen (secondary N) is 2. The Hall–Kier alpha value is -3.35. The first kappa shape index (κ1) is 24.8. The van der Waals surface area contributed by atoms with Gasteiger partial charge in [0.05, 0.1) is 12.0 Å². The number of hydrogen-bond donors (Lipinski definition) is 3. The molecular formula is C28H34N2O5. The van der Waals surface area contributed by atoms with Crippen LogP contribution in [-0.2, 0) is 14.3 Å². The summed E-state index contributed by atoms with van der Waals surface area (Å²) in [5.74, 6) is -1.27. The monoisotopic (exact) mass is 478 g/mol. The summed E-state index contributed by atoms with van der Waals surface area (Å²) in [7, 11) is 0. The van der Waals surface area contributed by atoms with E-state index in [2.05, 4.69) is 34.9 Å². The smallest absolute Gasteiger partial charge is 0.407 e. The van der Waals surface area contributed by atoms with Crippen molar-refractivity contribution in [2.24, 2.45) is 0 Å². The summed E-state index contributed by atoms with van der Waals surface area (Å²) < 4.78 is 5.74. The standard InChI is InChI=1S/C28H34N2O5/c1-27(2,17-25(32)33)29-24(31)16-28(14-8-3-9-15-28)30-26(34)35-18-23-21-12-6-4-10-19(21)20-11-5-7-13-22(20)23/h4-7,10-13,23H,3,8-9,14-18H2,1-2H3,(H,29,31)(H,30,34)(H,32,33). The summed E-state index contributed by atoms with van der Waals surface area (Å²) in [4.78, 5) is 36.9. The van der Waals surface area contributed by atoms with Crippen molar-refractivity contribution in [1.29, 1.82) is 0 Å². The van der Waals surface area contributed by atoms with E-state index in [4.69, 9.17) is 9.84 Å². The fourth-order valence-corrected chi connectivity index (χ4v) is 5.58. The summed E-state index contributed by atoms with van der Waals surface area (Å²) >= 11 is 0. The van der Waals surface area contributed by atoms with Crippen molar-refractivity contribution in [3.63, 3.8) is 0 Å². The van der Waals surface area contributed by atoms with E-state index in [1.165, 1.54) is 11.1 Å². The van der Waals surface area contributed by atoms with Crippen LogP contribution < -0.4 is 10.6 Å². The molecular weight excluding hydrogens is 444 g/mol. The maximum Gasteiger partial charge on any atom is 0.407 e. The normalized spacial score (nSPS) is 16.6. The largest absolute Gasteiger partial charge is 0.481 e. The van der Waals surface area contributed by atoms with Gasteiger partial charge in [0.25, 0.3) is 0 Å². The Morgan fingerprint density at radius 2 is 1.54 bits per heavy atom. The average Bonchev–Trinajstić information content (AvgIpc) is 3.10. The Kier molecular flexibility index (Phi) is 7.15. The lowest BCUT2D eigenvalue weighted by atomic mass is 9.79. The van der Waals surface area contributed by atoms with E-state index < -0.39 is 23.1 Å². The van der Waals surface area contributed by atoms with Gasteiger partial charge in [-0.2, -0.15) is 0 Å². The average molecular weight is 479 g/mol. The molecule has 0 spiro atoms. The summed E-state index contributed by atoms with van der Waals surface area (Å²) in [6.07, 6.45) is 3.65. The second-order valence-electron chi connectivity index (χ2n) is 10.5. The maximum atomic E-state index is 13.0. The third kappa shape index (κ3) is 5.84. The second kappa shape index (κ2) is 10.1. The van der Waals surface area contributed by atoms with Crippen molar-refractivity contribution in [3.05, 3.63) is 59.7 Å². The number of carbonyl (C=O) groups is 3. The molecule has 7 nitrogen and oxygen atoms in total. The zero-order valence-electron chi connectivity index (χ0n) is 20.4. The van der Waals surface area contributed by atoms with Crippen LogP contribution >= 0.6 is 0 Å². The summed E-state index contributed by atoms with van der Waals surface area (Å²) in [6.45, 7) is 3.59. The molecule has 2 aromatic carbocycles. The molecule has 0 aliphatic heterocycles. The van der Waals surface area contributed by atoms with Crippen molar-refractivity contribution in [2.45, 2.75) is 75.8 Å². The van der Waals surface area contributed by atoms with E-state index in [1.54, 1.807) is 13.8 Å². The SMILES string of the molecule is CC(C)(CC(=O)O)NC(=O)CC1(NC(=O)OCC2c3ccccc3-c3ccccc32)CCCCC1. The van der Waals surface area contributed by atoms with Crippen molar-refractivity contribution >= 4 is 18.0 Å². The molecule has 0 heterocycles. The predicted molar refractivity (Wildman–Crippen MR) is 133 cm³/mol. The van der Waals surface area contributed by atoms with Gasteiger partial charge >= 0.3 is 12.1 Å². The maximum absolute atomic E-state index is 13.0. The van der Waals surface area contributed by atoms with Crippen LogP contribution in [0.15, 0.2) is 48.5 Å². The topological polar surface area (TPSA) is 105 Å². The molecule has 0 aromatic heterocycles. The lowest BCUT2D eigenvalue weighted by molar-refractivity contribution is -0.138. The molecule has 1 saturated carbocycles. The Labute approximate surface area is 206 Å². The number of carboxylic acid groups (broad SMARTS) is 1. The third-order valence-electron chi connectivity index (χ3n) is 7.09. The summed E-state index contributed by atoms with van der Waals surface area (Å²) in [6, 6.07) is 16.4. The van der Waals surface area contributed by atoms with Crippen molar-refractivity contribution in [1.82, 2.24) is 10.6 Å². The molecule has 0 saturated heterocycles. The van der Waals surface area contributed by atoms with Crippen LogP contribution in [0.1, 0.15) is 75.8 Å². The summed E-state index contributed by atoms with van der Waals surface area (Å²) in [5, 5.41) is 14.9. The summed E-state index contributed by atoms with van der Waals surface area (Å²) in [5.41, 5.74) is 3.07. The minimum absolute atomic E-state index is 0.0319. The van der Waals surface area contributed by atoms with Gasteiger partial charge < -0.3 is 20.5 Å². The first-order valence-electron chi connectivity index (χ1n) is 12.3. The zero-order chi connectivity index (χ0) is 25.1. The van der Waals surface area contributed by atoms with E-state index >= 15 is 0 Å². The minimum Gasteiger partial charge on any atom is -0.481 e. The lowest BCUT2D eigenvalue weighted by Crippen LogP contribution is -2.55. The molecule has 2 aliphatic rings. The molecule has 2 aromatic rings. The molecule has 35 heavy (non-hydrogen) atoms. The fraction of sp³-hybridized carbons (Fsp3) is 0.464. The van der Waals surface area contributed by atoms with Crippen LogP contribution in [0.5, 0.6) is 0 Å². The van der Waals surface area contributed by atoms with Gasteiger partial charge in [-0.3, -0.25) is 9.59 Å². The van der Waals surface area contributed by atoms with Crippen molar-refractivity contribution in [2.75, 3.05) is 6.61 Å². The van der Waals surface area contributed by atoms with Crippen LogP contribution in [0, 0.1) is 0 Å². The fourth-order valence-electron chi connectivity index (χ4n) is 5.58. The van der Waals surface area contributed by atoms with Crippen LogP contribution in [0.2, 0.25) is 0 Å². The van der Waals surface area contributed by atoms with E-state index in [9.17, 15) is 14.4 Å². The molecule has 0 radical (unpaired) electrons. The molecule has 4 rings (SSSR count). The van der Waals surface area contributed by atoms with Crippen LogP contribution in [-0.4, -0.2) is 40.8 Å². The van der Waals surface area contributed by atoms with Gasteiger partial charge in [0.2, 0.25) is 5.91 Å². The first-order valence-corrected chi connectivity index (χ1v) is 12.3. The minimum atomic E-state index is -0.973. The molecule has 7 heteroatoms. The highest BCUT2D eigenvalue weighted by atomic mass is 16.5. The molecule has 0 unspecified atom stereocenters. The van der Waals surface area contributed by atoms with Crippen molar-refractivity contribution in [3.8, 4) is 11.1 Å².